The number of aromatic amines is 1. The molecule has 0 fully saturated rings. The number of rotatable bonds is 1. The maximum Gasteiger partial charge on any atom is 0.266 e. The zero-order chi connectivity index (χ0) is 14.2. The number of aryl methyl sites for hydroxylation is 2. The van der Waals surface area contributed by atoms with E-state index in [2.05, 4.69) is 20.9 Å². The minimum Gasteiger partial charge on any atom is -0.325 e. The van der Waals surface area contributed by atoms with Crippen LogP contribution in [0, 0.1) is 31.0 Å². The molecule has 0 atom stereocenters. The van der Waals surface area contributed by atoms with Crippen LogP contribution in [0.25, 0.3) is 11.1 Å². The second-order valence-corrected chi connectivity index (χ2v) is 5.14. The molecule has 0 radical (unpaired) electrons. The number of nitriles is 1. The van der Waals surface area contributed by atoms with E-state index in [1.54, 1.807) is 25.1 Å². The molecule has 96 valence electrons. The Labute approximate surface area is 117 Å². The van der Waals surface area contributed by atoms with E-state index in [0.29, 0.717) is 15.7 Å². The molecule has 1 heterocycles. The molecule has 0 spiro atoms. The van der Waals surface area contributed by atoms with Crippen molar-refractivity contribution in [1.29, 1.82) is 5.26 Å². The Kier molecular flexibility index (Phi) is 3.54. The fourth-order valence-corrected chi connectivity index (χ4v) is 2.51. The fourth-order valence-electron chi connectivity index (χ4n) is 1.93. The van der Waals surface area contributed by atoms with Crippen LogP contribution in [0.1, 0.15) is 16.8 Å². The summed E-state index contributed by atoms with van der Waals surface area (Å²) < 4.78 is 14.5. The second-order valence-electron chi connectivity index (χ2n) is 4.29. The average Bonchev–Trinajstić information content (AvgIpc) is 2.33. The van der Waals surface area contributed by atoms with E-state index in [9.17, 15) is 9.18 Å². The van der Waals surface area contributed by atoms with Crippen molar-refractivity contribution in [2.24, 2.45) is 0 Å². The van der Waals surface area contributed by atoms with Gasteiger partial charge in [0, 0.05) is 16.8 Å². The van der Waals surface area contributed by atoms with Crippen LogP contribution in [0.2, 0.25) is 0 Å². The van der Waals surface area contributed by atoms with Crippen molar-refractivity contribution in [3.63, 3.8) is 0 Å². The van der Waals surface area contributed by atoms with E-state index in [4.69, 9.17) is 5.26 Å². The number of aromatic nitrogens is 1. The molecule has 0 aliphatic heterocycles. The summed E-state index contributed by atoms with van der Waals surface area (Å²) in [6, 6.07) is 6.70. The first-order valence-electron chi connectivity index (χ1n) is 5.54. The number of benzene rings is 1. The van der Waals surface area contributed by atoms with Crippen LogP contribution in [-0.2, 0) is 0 Å². The van der Waals surface area contributed by atoms with Crippen molar-refractivity contribution in [3.8, 4) is 17.2 Å². The number of H-pyrrole nitrogens is 1. The first-order chi connectivity index (χ1) is 8.93. The van der Waals surface area contributed by atoms with Gasteiger partial charge >= 0.3 is 0 Å². The second kappa shape index (κ2) is 4.98. The summed E-state index contributed by atoms with van der Waals surface area (Å²) in [7, 11) is 0. The average molecular weight is 321 g/mol. The topological polar surface area (TPSA) is 56.6 Å². The predicted molar refractivity (Wildman–Crippen MR) is 74.3 cm³/mol. The van der Waals surface area contributed by atoms with E-state index in [0.717, 1.165) is 5.56 Å². The van der Waals surface area contributed by atoms with Crippen LogP contribution in [0.4, 0.5) is 4.39 Å². The molecule has 0 unspecified atom stereocenters. The highest BCUT2D eigenvalue weighted by molar-refractivity contribution is 9.10. The van der Waals surface area contributed by atoms with Crippen LogP contribution in [-0.4, -0.2) is 4.98 Å². The molecular formula is C14H10BrFN2O. The SMILES string of the molecule is Cc1cc(Br)c(F)c(-c2cc(C)[nH]c(=O)c2C#N)c1. The molecular weight excluding hydrogens is 311 g/mol. The minimum atomic E-state index is -0.505. The lowest BCUT2D eigenvalue weighted by Gasteiger charge is -2.09. The third-order valence-corrected chi connectivity index (χ3v) is 3.32. The predicted octanol–water partition coefficient (Wildman–Crippen LogP) is 3.43. The van der Waals surface area contributed by atoms with Gasteiger partial charge in [-0.1, -0.05) is 0 Å². The Morgan fingerprint density at radius 1 is 1.26 bits per heavy atom. The first kappa shape index (κ1) is 13.5. The molecule has 0 saturated carbocycles. The molecule has 0 aliphatic carbocycles. The molecule has 19 heavy (non-hydrogen) atoms. The van der Waals surface area contributed by atoms with Gasteiger partial charge in [0.25, 0.3) is 5.56 Å². The Morgan fingerprint density at radius 2 is 1.95 bits per heavy atom. The van der Waals surface area contributed by atoms with Crippen LogP contribution < -0.4 is 5.56 Å². The van der Waals surface area contributed by atoms with Crippen LogP contribution in [0.5, 0.6) is 0 Å². The number of hydrogen-bond donors (Lipinski definition) is 1. The Hall–Kier alpha value is -1.93. The van der Waals surface area contributed by atoms with Gasteiger partial charge in [-0.3, -0.25) is 4.79 Å². The zero-order valence-electron chi connectivity index (χ0n) is 10.3. The molecule has 0 amide bonds. The lowest BCUT2D eigenvalue weighted by Crippen LogP contribution is -2.13. The van der Waals surface area contributed by atoms with Crippen molar-refractivity contribution in [2.75, 3.05) is 0 Å². The van der Waals surface area contributed by atoms with Crippen molar-refractivity contribution in [2.45, 2.75) is 13.8 Å². The highest BCUT2D eigenvalue weighted by atomic mass is 79.9. The quantitative estimate of drug-likeness (QED) is 0.875. The van der Waals surface area contributed by atoms with Gasteiger partial charge in [-0.05, 0) is 53.5 Å². The third-order valence-electron chi connectivity index (χ3n) is 2.74. The van der Waals surface area contributed by atoms with Crippen molar-refractivity contribution >= 4 is 15.9 Å². The number of nitrogens with one attached hydrogen (secondary N) is 1. The Balaban J connectivity index is 2.87. The van der Waals surface area contributed by atoms with E-state index >= 15 is 0 Å². The van der Waals surface area contributed by atoms with Crippen LogP contribution in [0.3, 0.4) is 0 Å². The molecule has 0 saturated heterocycles. The molecule has 1 aromatic heterocycles. The minimum absolute atomic E-state index is 0.0815. The van der Waals surface area contributed by atoms with Crippen molar-refractivity contribution in [1.82, 2.24) is 4.98 Å². The van der Waals surface area contributed by atoms with Crippen molar-refractivity contribution < 1.29 is 4.39 Å². The van der Waals surface area contributed by atoms with Crippen LogP contribution >= 0.6 is 15.9 Å². The number of pyridine rings is 1. The lowest BCUT2D eigenvalue weighted by molar-refractivity contribution is 0.624. The fraction of sp³-hybridized carbons (Fsp3) is 0.143. The van der Waals surface area contributed by atoms with Gasteiger partial charge in [-0.25, -0.2) is 4.39 Å². The monoisotopic (exact) mass is 320 g/mol. The molecule has 2 rings (SSSR count). The largest absolute Gasteiger partial charge is 0.325 e. The van der Waals surface area contributed by atoms with Gasteiger partial charge in [0.1, 0.15) is 17.4 Å². The molecule has 0 aliphatic rings. The zero-order valence-corrected chi connectivity index (χ0v) is 11.9. The van der Waals surface area contributed by atoms with Gasteiger partial charge < -0.3 is 4.98 Å². The molecule has 1 aromatic carbocycles. The highest BCUT2D eigenvalue weighted by Crippen LogP contribution is 2.30. The number of hydrogen-bond acceptors (Lipinski definition) is 2. The Bertz CT molecular complexity index is 759. The van der Waals surface area contributed by atoms with Gasteiger partial charge in [-0.15, -0.1) is 0 Å². The normalized spacial score (nSPS) is 10.3. The maximum absolute atomic E-state index is 14.2. The summed E-state index contributed by atoms with van der Waals surface area (Å²) in [5, 5.41) is 9.08. The smallest absolute Gasteiger partial charge is 0.266 e. The number of halogens is 2. The molecule has 1 N–H and O–H groups in total. The summed E-state index contributed by atoms with van der Waals surface area (Å²) in [5.41, 5.74) is 1.39. The van der Waals surface area contributed by atoms with Crippen molar-refractivity contribution in [3.05, 3.63) is 55.7 Å². The van der Waals surface area contributed by atoms with Gasteiger partial charge in [0.05, 0.1) is 4.47 Å². The molecule has 2 aromatic rings. The van der Waals surface area contributed by atoms with Crippen LogP contribution in [0.15, 0.2) is 27.5 Å². The van der Waals surface area contributed by atoms with E-state index in [-0.39, 0.29) is 11.1 Å². The summed E-state index contributed by atoms with van der Waals surface area (Å²) in [4.78, 5) is 14.3. The molecule has 0 bridgehead atoms. The highest BCUT2D eigenvalue weighted by Gasteiger charge is 2.16. The molecule has 5 heteroatoms. The van der Waals surface area contributed by atoms with E-state index < -0.39 is 11.4 Å². The summed E-state index contributed by atoms with van der Waals surface area (Å²) in [6.07, 6.45) is 0. The maximum atomic E-state index is 14.2. The van der Waals surface area contributed by atoms with Gasteiger partial charge in [-0.2, -0.15) is 5.26 Å². The number of nitrogens with zero attached hydrogens (tertiary/aromatic N) is 1. The third kappa shape index (κ3) is 2.45. The van der Waals surface area contributed by atoms with Gasteiger partial charge in [0.15, 0.2) is 0 Å². The lowest BCUT2D eigenvalue weighted by atomic mass is 9.99. The summed E-state index contributed by atoms with van der Waals surface area (Å²) in [6.45, 7) is 3.51. The Morgan fingerprint density at radius 3 is 2.58 bits per heavy atom. The first-order valence-corrected chi connectivity index (χ1v) is 6.33. The van der Waals surface area contributed by atoms with Gasteiger partial charge in [0.2, 0.25) is 0 Å². The van der Waals surface area contributed by atoms with E-state index in [1.165, 1.54) is 0 Å². The standard InChI is InChI=1S/C14H10BrFN2O/c1-7-3-10(13(16)12(15)4-7)9-5-8(2)18-14(19)11(9)6-17/h3-5H,1-2H3,(H,18,19). The molecule has 3 nitrogen and oxygen atoms in total. The van der Waals surface area contributed by atoms with E-state index in [1.807, 2.05) is 13.0 Å². The summed E-state index contributed by atoms with van der Waals surface area (Å²) >= 11 is 3.13. The summed E-state index contributed by atoms with van der Waals surface area (Å²) in [5.74, 6) is -0.480.